The molecule has 0 heterocycles. The Morgan fingerprint density at radius 1 is 1.67 bits per heavy atom. The summed E-state index contributed by atoms with van der Waals surface area (Å²) in [5, 5.41) is 10.2. The minimum atomic E-state index is -0.631. The molecule has 6 heteroatoms. The van der Waals surface area contributed by atoms with E-state index in [-0.39, 0.29) is 16.6 Å². The number of halogens is 1. The van der Waals surface area contributed by atoms with Gasteiger partial charge in [-0.3, -0.25) is 15.1 Å². The number of nitrogens with zero attached hydrogens (tertiary/aromatic N) is 2. The third kappa shape index (κ3) is 2.50. The molecule has 0 aromatic heterocycles. The molecular formula is C6H9ClN2O3. The molecule has 12 heavy (non-hydrogen) atoms. The fourth-order valence-electron chi connectivity index (χ4n) is 0.552. The maximum atomic E-state index is 10.4. The lowest BCUT2D eigenvalue weighted by molar-refractivity contribution is -0.417. The van der Waals surface area contributed by atoms with E-state index >= 15 is 0 Å². The van der Waals surface area contributed by atoms with Gasteiger partial charge < -0.3 is 4.74 Å². The molecule has 0 aromatic rings. The fraction of sp³-hybridized carbons (Fsp3) is 0.500. The van der Waals surface area contributed by atoms with Crippen LogP contribution in [-0.2, 0) is 4.74 Å². The molecule has 0 fully saturated rings. The first-order chi connectivity index (χ1) is 5.54. The van der Waals surface area contributed by atoms with Gasteiger partial charge in [0.15, 0.2) is 5.76 Å². The molecular weight excluding hydrogens is 184 g/mol. The molecule has 0 amide bonds. The zero-order valence-electron chi connectivity index (χ0n) is 7.00. The third-order valence-corrected chi connectivity index (χ3v) is 1.56. The average Bonchev–Trinajstić information content (AvgIpc) is 2.03. The van der Waals surface area contributed by atoms with Crippen molar-refractivity contribution in [2.24, 2.45) is 4.99 Å². The molecule has 0 saturated carbocycles. The highest BCUT2D eigenvalue weighted by Crippen LogP contribution is 2.10. The minimum absolute atomic E-state index is 0.135. The van der Waals surface area contributed by atoms with Crippen LogP contribution in [0.3, 0.4) is 0 Å². The summed E-state index contributed by atoms with van der Waals surface area (Å²) in [6.45, 7) is 1.45. The van der Waals surface area contributed by atoms with Gasteiger partial charge in [0, 0.05) is 14.0 Å². The van der Waals surface area contributed by atoms with Gasteiger partial charge >= 0.3 is 5.70 Å². The second-order valence-corrected chi connectivity index (χ2v) is 2.24. The minimum Gasteiger partial charge on any atom is -0.494 e. The number of rotatable bonds is 3. The Morgan fingerprint density at radius 3 is 2.42 bits per heavy atom. The summed E-state index contributed by atoms with van der Waals surface area (Å²) < 4.78 is 4.67. The van der Waals surface area contributed by atoms with Crippen LogP contribution >= 0.6 is 11.6 Å². The molecule has 0 aromatic carbocycles. The molecule has 0 bridgehead atoms. The van der Waals surface area contributed by atoms with Gasteiger partial charge in [-0.1, -0.05) is 11.6 Å². The van der Waals surface area contributed by atoms with Crippen molar-refractivity contribution in [1.29, 1.82) is 0 Å². The van der Waals surface area contributed by atoms with E-state index in [0.29, 0.717) is 0 Å². The molecule has 0 aliphatic carbocycles. The summed E-state index contributed by atoms with van der Waals surface area (Å²) in [4.78, 5) is 13.3. The third-order valence-electron chi connectivity index (χ3n) is 1.21. The van der Waals surface area contributed by atoms with Crippen molar-refractivity contribution in [3.63, 3.8) is 0 Å². The molecule has 0 unspecified atom stereocenters. The van der Waals surface area contributed by atoms with Gasteiger partial charge in [0.2, 0.25) is 5.17 Å². The summed E-state index contributed by atoms with van der Waals surface area (Å²) in [6.07, 6.45) is 0. The summed E-state index contributed by atoms with van der Waals surface area (Å²) >= 11 is 5.47. The topological polar surface area (TPSA) is 64.7 Å². The summed E-state index contributed by atoms with van der Waals surface area (Å²) in [5.41, 5.74) is -0.304. The molecule has 5 nitrogen and oxygen atoms in total. The van der Waals surface area contributed by atoms with Crippen molar-refractivity contribution in [3.8, 4) is 0 Å². The number of aliphatic imine (C=N–C) groups is 1. The largest absolute Gasteiger partial charge is 0.494 e. The normalized spacial score (nSPS) is 13.8. The standard InChI is InChI=1S/C6H9ClN2O3/c1-4(12-3)5(9(10)11)6(7)8-2/h1-3H3/b5-4-,8-6?. The van der Waals surface area contributed by atoms with Gasteiger partial charge in [0.05, 0.1) is 12.0 Å². The number of methoxy groups -OCH3 is 1. The van der Waals surface area contributed by atoms with E-state index < -0.39 is 4.92 Å². The molecule has 0 atom stereocenters. The maximum absolute atomic E-state index is 10.4. The number of hydrogen-bond donors (Lipinski definition) is 0. The molecule has 0 spiro atoms. The highest BCUT2D eigenvalue weighted by atomic mass is 35.5. The smallest absolute Gasteiger partial charge is 0.342 e. The van der Waals surface area contributed by atoms with Crippen LogP contribution in [0.4, 0.5) is 0 Å². The van der Waals surface area contributed by atoms with Crippen LogP contribution in [0.1, 0.15) is 6.92 Å². The van der Waals surface area contributed by atoms with Crippen molar-refractivity contribution in [3.05, 3.63) is 21.6 Å². The molecule has 0 N–H and O–H groups in total. The van der Waals surface area contributed by atoms with Crippen molar-refractivity contribution >= 4 is 16.8 Å². The van der Waals surface area contributed by atoms with Gasteiger partial charge in [-0.25, -0.2) is 0 Å². The van der Waals surface area contributed by atoms with E-state index in [2.05, 4.69) is 9.73 Å². The number of hydrogen-bond acceptors (Lipinski definition) is 4. The van der Waals surface area contributed by atoms with Crippen LogP contribution in [-0.4, -0.2) is 24.3 Å². The lowest BCUT2D eigenvalue weighted by atomic mass is 10.4. The Balaban J connectivity index is 5.06. The Bertz CT molecular complexity index is 247. The fourth-order valence-corrected chi connectivity index (χ4v) is 0.754. The van der Waals surface area contributed by atoms with E-state index in [1.54, 1.807) is 0 Å². The highest BCUT2D eigenvalue weighted by Gasteiger charge is 2.21. The van der Waals surface area contributed by atoms with E-state index in [1.165, 1.54) is 21.1 Å². The van der Waals surface area contributed by atoms with Gasteiger partial charge in [-0.2, -0.15) is 0 Å². The van der Waals surface area contributed by atoms with Crippen molar-refractivity contribution in [2.45, 2.75) is 6.92 Å². The van der Waals surface area contributed by atoms with Crippen LogP contribution in [0.15, 0.2) is 16.4 Å². The number of ether oxygens (including phenoxy) is 1. The average molecular weight is 193 g/mol. The first-order valence-corrected chi connectivity index (χ1v) is 3.44. The van der Waals surface area contributed by atoms with Crippen LogP contribution in [0, 0.1) is 10.1 Å². The van der Waals surface area contributed by atoms with Crippen molar-refractivity contribution in [1.82, 2.24) is 0 Å². The Kier molecular flexibility index (Phi) is 4.28. The van der Waals surface area contributed by atoms with E-state index in [9.17, 15) is 10.1 Å². The lowest BCUT2D eigenvalue weighted by Gasteiger charge is -2.00. The van der Waals surface area contributed by atoms with Crippen molar-refractivity contribution in [2.75, 3.05) is 14.2 Å². The summed E-state index contributed by atoms with van der Waals surface area (Å²) in [6, 6.07) is 0. The van der Waals surface area contributed by atoms with Crippen LogP contribution in [0.5, 0.6) is 0 Å². The first kappa shape index (κ1) is 10.9. The predicted molar refractivity (Wildman–Crippen MR) is 45.9 cm³/mol. The molecule has 0 rings (SSSR count). The van der Waals surface area contributed by atoms with Gasteiger partial charge in [-0.15, -0.1) is 0 Å². The zero-order chi connectivity index (χ0) is 9.72. The maximum Gasteiger partial charge on any atom is 0.342 e. The summed E-state index contributed by atoms with van der Waals surface area (Å²) in [5.74, 6) is 0.135. The first-order valence-electron chi connectivity index (χ1n) is 3.06. The van der Waals surface area contributed by atoms with E-state index in [4.69, 9.17) is 11.6 Å². The Morgan fingerprint density at radius 2 is 2.17 bits per heavy atom. The quantitative estimate of drug-likeness (QED) is 0.294. The molecule has 0 saturated heterocycles. The second-order valence-electron chi connectivity index (χ2n) is 1.88. The molecule has 68 valence electrons. The molecule has 0 radical (unpaired) electrons. The Hall–Kier alpha value is -1.10. The van der Waals surface area contributed by atoms with Crippen molar-refractivity contribution < 1.29 is 9.66 Å². The van der Waals surface area contributed by atoms with Crippen LogP contribution in [0.25, 0.3) is 0 Å². The SMILES string of the molecule is CN=C(Cl)/C(=C(\C)OC)[N+](=O)[O-]. The van der Waals surface area contributed by atoms with E-state index in [0.717, 1.165) is 0 Å². The molecule has 0 aliphatic heterocycles. The van der Waals surface area contributed by atoms with Gasteiger partial charge in [0.1, 0.15) is 0 Å². The Labute approximate surface area is 74.8 Å². The highest BCUT2D eigenvalue weighted by molar-refractivity contribution is 6.69. The second kappa shape index (κ2) is 4.71. The lowest BCUT2D eigenvalue weighted by Crippen LogP contribution is -2.09. The van der Waals surface area contributed by atoms with Gasteiger partial charge in [0.25, 0.3) is 0 Å². The number of nitro groups is 1. The molecule has 0 aliphatic rings. The van der Waals surface area contributed by atoms with Gasteiger partial charge in [-0.05, 0) is 0 Å². The van der Waals surface area contributed by atoms with Crippen LogP contribution < -0.4 is 0 Å². The predicted octanol–water partition coefficient (Wildman–Crippen LogP) is 1.41. The summed E-state index contributed by atoms with van der Waals surface area (Å²) in [7, 11) is 2.70. The van der Waals surface area contributed by atoms with E-state index in [1.807, 2.05) is 0 Å². The monoisotopic (exact) mass is 192 g/mol. The zero-order valence-corrected chi connectivity index (χ0v) is 7.75. The number of allylic oxidation sites excluding steroid dienone is 2. The van der Waals surface area contributed by atoms with Crippen LogP contribution in [0.2, 0.25) is 0 Å².